The Balaban J connectivity index is 2.27. The third-order valence-corrected chi connectivity index (χ3v) is 3.87. The largest absolute Gasteiger partial charge is 0.329 e. The van der Waals surface area contributed by atoms with E-state index in [-0.39, 0.29) is 30.4 Å². The molecule has 6 heteroatoms. The van der Waals surface area contributed by atoms with Gasteiger partial charge in [0.2, 0.25) is 11.8 Å². The lowest BCUT2D eigenvalue weighted by Gasteiger charge is -2.37. The van der Waals surface area contributed by atoms with E-state index in [4.69, 9.17) is 5.73 Å². The molecule has 102 valence electrons. The number of carbonyl (C=O) groups is 2. The van der Waals surface area contributed by atoms with Crippen LogP contribution in [0.5, 0.6) is 0 Å². The fourth-order valence-corrected chi connectivity index (χ4v) is 2.53. The van der Waals surface area contributed by atoms with Crippen molar-refractivity contribution in [2.75, 3.05) is 13.1 Å². The van der Waals surface area contributed by atoms with E-state index in [0.29, 0.717) is 6.54 Å². The molecular formula is C13H16BrN3O2. The molecule has 1 heterocycles. The molecule has 0 aliphatic carbocycles. The molecule has 1 saturated heterocycles. The van der Waals surface area contributed by atoms with Crippen molar-refractivity contribution in [1.29, 1.82) is 0 Å². The summed E-state index contributed by atoms with van der Waals surface area (Å²) in [4.78, 5) is 25.0. The lowest BCUT2D eigenvalue weighted by Crippen LogP contribution is -2.58. The SMILES string of the molecule is CC1C(=O)NC(=O)CN1C(CN)c1ccc(Br)cc1. The van der Waals surface area contributed by atoms with Gasteiger partial charge in [0.15, 0.2) is 0 Å². The van der Waals surface area contributed by atoms with E-state index in [2.05, 4.69) is 21.2 Å². The van der Waals surface area contributed by atoms with Gasteiger partial charge in [-0.05, 0) is 24.6 Å². The molecule has 2 rings (SSSR count). The highest BCUT2D eigenvalue weighted by atomic mass is 79.9. The fraction of sp³-hybridized carbons (Fsp3) is 0.385. The van der Waals surface area contributed by atoms with Crippen molar-refractivity contribution in [3.63, 3.8) is 0 Å². The molecule has 1 aliphatic rings. The van der Waals surface area contributed by atoms with Gasteiger partial charge < -0.3 is 5.73 Å². The highest BCUT2D eigenvalue weighted by Crippen LogP contribution is 2.24. The van der Waals surface area contributed by atoms with Crippen molar-refractivity contribution in [1.82, 2.24) is 10.2 Å². The lowest BCUT2D eigenvalue weighted by molar-refractivity contribution is -0.140. The Labute approximate surface area is 120 Å². The van der Waals surface area contributed by atoms with Gasteiger partial charge in [-0.15, -0.1) is 0 Å². The van der Waals surface area contributed by atoms with Gasteiger partial charge in [-0.3, -0.25) is 19.8 Å². The third kappa shape index (κ3) is 3.02. The normalized spacial score (nSPS) is 22.2. The zero-order valence-electron chi connectivity index (χ0n) is 10.6. The summed E-state index contributed by atoms with van der Waals surface area (Å²) in [6, 6.07) is 7.24. The summed E-state index contributed by atoms with van der Waals surface area (Å²) in [6.07, 6.45) is 0. The Kier molecular flexibility index (Phi) is 4.34. The summed E-state index contributed by atoms with van der Waals surface area (Å²) in [5, 5.41) is 2.33. The van der Waals surface area contributed by atoms with E-state index < -0.39 is 0 Å². The van der Waals surface area contributed by atoms with Crippen molar-refractivity contribution in [3.05, 3.63) is 34.3 Å². The van der Waals surface area contributed by atoms with E-state index in [9.17, 15) is 9.59 Å². The number of imide groups is 1. The Hall–Kier alpha value is -1.24. The minimum Gasteiger partial charge on any atom is -0.329 e. The highest BCUT2D eigenvalue weighted by Gasteiger charge is 2.34. The molecule has 1 aromatic rings. The smallest absolute Gasteiger partial charge is 0.243 e. The summed E-state index contributed by atoms with van der Waals surface area (Å²) in [7, 11) is 0. The number of hydrogen-bond acceptors (Lipinski definition) is 4. The minimum atomic E-state index is -0.366. The van der Waals surface area contributed by atoms with E-state index in [1.165, 1.54) is 0 Å². The highest BCUT2D eigenvalue weighted by molar-refractivity contribution is 9.10. The van der Waals surface area contributed by atoms with Crippen LogP contribution in [-0.4, -0.2) is 35.8 Å². The third-order valence-electron chi connectivity index (χ3n) is 3.34. The Bertz CT molecular complexity index is 489. The predicted octanol–water partition coefficient (Wildman–Crippen LogP) is 0.796. The summed E-state index contributed by atoms with van der Waals surface area (Å²) in [5.41, 5.74) is 6.83. The van der Waals surface area contributed by atoms with Gasteiger partial charge in [-0.25, -0.2) is 0 Å². The maximum Gasteiger partial charge on any atom is 0.243 e. The second-order valence-electron chi connectivity index (χ2n) is 4.56. The molecule has 0 spiro atoms. The average molecular weight is 326 g/mol. The van der Waals surface area contributed by atoms with Crippen LogP contribution in [0.25, 0.3) is 0 Å². The molecular weight excluding hydrogens is 310 g/mol. The van der Waals surface area contributed by atoms with Crippen LogP contribution < -0.4 is 11.1 Å². The van der Waals surface area contributed by atoms with Gasteiger partial charge in [0.05, 0.1) is 12.6 Å². The van der Waals surface area contributed by atoms with E-state index >= 15 is 0 Å². The molecule has 5 nitrogen and oxygen atoms in total. The van der Waals surface area contributed by atoms with Gasteiger partial charge in [0.1, 0.15) is 0 Å². The van der Waals surface area contributed by atoms with Gasteiger partial charge >= 0.3 is 0 Å². The quantitative estimate of drug-likeness (QED) is 0.806. The predicted molar refractivity (Wildman–Crippen MR) is 75.3 cm³/mol. The van der Waals surface area contributed by atoms with Crippen molar-refractivity contribution in [2.24, 2.45) is 5.73 Å². The maximum absolute atomic E-state index is 11.7. The van der Waals surface area contributed by atoms with Crippen LogP contribution >= 0.6 is 15.9 Å². The zero-order valence-corrected chi connectivity index (χ0v) is 12.2. The fourth-order valence-electron chi connectivity index (χ4n) is 2.26. The van der Waals surface area contributed by atoms with Crippen LogP contribution in [0.4, 0.5) is 0 Å². The molecule has 2 atom stereocenters. The zero-order chi connectivity index (χ0) is 14.0. The molecule has 1 aromatic carbocycles. The second kappa shape index (κ2) is 5.81. The van der Waals surface area contributed by atoms with Crippen LogP contribution in [0.2, 0.25) is 0 Å². The monoisotopic (exact) mass is 325 g/mol. The number of halogens is 1. The van der Waals surface area contributed by atoms with E-state index in [1.54, 1.807) is 6.92 Å². The van der Waals surface area contributed by atoms with E-state index in [0.717, 1.165) is 10.0 Å². The molecule has 1 fully saturated rings. The summed E-state index contributed by atoms with van der Waals surface area (Å²) in [5.74, 6) is -0.550. The number of nitrogens with one attached hydrogen (secondary N) is 1. The van der Waals surface area contributed by atoms with Crippen LogP contribution in [0.15, 0.2) is 28.7 Å². The molecule has 0 aromatic heterocycles. The van der Waals surface area contributed by atoms with Gasteiger partial charge in [-0.1, -0.05) is 28.1 Å². The first-order valence-electron chi connectivity index (χ1n) is 6.08. The molecule has 19 heavy (non-hydrogen) atoms. The number of nitrogens with two attached hydrogens (primary N) is 1. The van der Waals surface area contributed by atoms with Crippen molar-refractivity contribution in [3.8, 4) is 0 Å². The Morgan fingerprint density at radius 1 is 1.42 bits per heavy atom. The first-order valence-corrected chi connectivity index (χ1v) is 6.87. The van der Waals surface area contributed by atoms with Gasteiger partial charge in [0, 0.05) is 17.1 Å². The van der Waals surface area contributed by atoms with E-state index in [1.807, 2.05) is 29.2 Å². The summed E-state index contributed by atoms with van der Waals surface area (Å²) in [6.45, 7) is 2.32. The topological polar surface area (TPSA) is 75.4 Å². The van der Waals surface area contributed by atoms with Crippen LogP contribution in [0.1, 0.15) is 18.5 Å². The number of piperazine rings is 1. The first-order chi connectivity index (χ1) is 9.02. The number of hydrogen-bond donors (Lipinski definition) is 2. The lowest BCUT2D eigenvalue weighted by atomic mass is 10.0. The van der Waals surface area contributed by atoms with Crippen molar-refractivity contribution >= 4 is 27.7 Å². The van der Waals surface area contributed by atoms with Crippen LogP contribution in [0.3, 0.4) is 0 Å². The van der Waals surface area contributed by atoms with Crippen LogP contribution in [0, 0.1) is 0 Å². The second-order valence-corrected chi connectivity index (χ2v) is 5.48. The standard InChI is InChI=1S/C13H16BrN3O2/c1-8-13(19)16-12(18)7-17(8)11(6-15)9-2-4-10(14)5-3-9/h2-5,8,11H,6-7,15H2,1H3,(H,16,18,19). The molecule has 0 bridgehead atoms. The molecule has 3 N–H and O–H groups in total. The van der Waals surface area contributed by atoms with Crippen molar-refractivity contribution in [2.45, 2.75) is 19.0 Å². The van der Waals surface area contributed by atoms with Crippen LogP contribution in [-0.2, 0) is 9.59 Å². The number of amides is 2. The molecule has 0 radical (unpaired) electrons. The molecule has 0 saturated carbocycles. The molecule has 2 amide bonds. The minimum absolute atomic E-state index is 0.141. The number of rotatable bonds is 3. The Morgan fingerprint density at radius 2 is 2.05 bits per heavy atom. The number of nitrogens with zero attached hydrogens (tertiary/aromatic N) is 1. The van der Waals surface area contributed by atoms with Gasteiger partial charge in [-0.2, -0.15) is 0 Å². The summed E-state index contributed by atoms with van der Waals surface area (Å²) >= 11 is 3.38. The number of carbonyl (C=O) groups excluding carboxylic acids is 2. The maximum atomic E-state index is 11.7. The van der Waals surface area contributed by atoms with Crippen molar-refractivity contribution < 1.29 is 9.59 Å². The Morgan fingerprint density at radius 3 is 2.63 bits per heavy atom. The molecule has 1 aliphatic heterocycles. The molecule has 2 unspecified atom stereocenters. The first kappa shape index (κ1) is 14.2. The number of benzene rings is 1. The average Bonchev–Trinajstić information content (AvgIpc) is 2.38. The van der Waals surface area contributed by atoms with Gasteiger partial charge in [0.25, 0.3) is 0 Å². The summed E-state index contributed by atoms with van der Waals surface area (Å²) < 4.78 is 0.979.